The van der Waals surface area contributed by atoms with E-state index >= 15 is 0 Å². The van der Waals surface area contributed by atoms with Crippen LogP contribution in [0.15, 0.2) is 30.3 Å². The van der Waals surface area contributed by atoms with Crippen molar-refractivity contribution in [1.29, 1.82) is 0 Å². The van der Waals surface area contributed by atoms with E-state index in [1.807, 2.05) is 25.1 Å². The molecule has 2 fully saturated rings. The Kier molecular flexibility index (Phi) is 3.79. The van der Waals surface area contributed by atoms with Gasteiger partial charge >= 0.3 is 5.97 Å². The number of hydrogen-bond donors (Lipinski definition) is 1. The fourth-order valence-corrected chi connectivity index (χ4v) is 3.98. The number of carbonyl (C=O) groups is 1. The van der Waals surface area contributed by atoms with E-state index in [2.05, 4.69) is 17.4 Å². The third-order valence-electron chi connectivity index (χ3n) is 4.94. The van der Waals surface area contributed by atoms with Gasteiger partial charge in [0.15, 0.2) is 0 Å². The maximum absolute atomic E-state index is 12.5. The van der Waals surface area contributed by atoms with Crippen LogP contribution in [-0.4, -0.2) is 18.1 Å². The molecule has 0 amide bonds. The highest BCUT2D eigenvalue weighted by molar-refractivity contribution is 5.82. The molecule has 2 aliphatic rings. The van der Waals surface area contributed by atoms with Crippen LogP contribution >= 0.6 is 0 Å². The number of fused-ring (bicyclic) bond motifs is 2. The summed E-state index contributed by atoms with van der Waals surface area (Å²) in [5.74, 6) is 1.12. The zero-order valence-corrected chi connectivity index (χ0v) is 12.1. The molecule has 0 heterocycles. The first-order valence-corrected chi connectivity index (χ1v) is 7.71. The molecule has 108 valence electrons. The average Bonchev–Trinajstić information content (AvgIpc) is 3.08. The molecule has 2 saturated carbocycles. The Balaban J connectivity index is 1.75. The van der Waals surface area contributed by atoms with Gasteiger partial charge in [-0.3, -0.25) is 10.1 Å². The van der Waals surface area contributed by atoms with E-state index in [-0.39, 0.29) is 5.97 Å². The summed E-state index contributed by atoms with van der Waals surface area (Å²) in [5.41, 5.74) is 0.786. The molecule has 0 radical (unpaired) electrons. The molecule has 1 N–H and O–H groups in total. The Hall–Kier alpha value is -1.35. The van der Waals surface area contributed by atoms with Crippen molar-refractivity contribution in [3.05, 3.63) is 35.9 Å². The van der Waals surface area contributed by atoms with Gasteiger partial charge in [-0.15, -0.1) is 0 Å². The Morgan fingerprint density at radius 3 is 2.75 bits per heavy atom. The minimum absolute atomic E-state index is 0.0388. The lowest BCUT2D eigenvalue weighted by Gasteiger charge is -2.36. The van der Waals surface area contributed by atoms with E-state index in [1.165, 1.54) is 18.4 Å². The highest BCUT2D eigenvalue weighted by Crippen LogP contribution is 2.51. The number of esters is 1. The number of nitrogens with one attached hydrogen (secondary N) is 1. The summed E-state index contributed by atoms with van der Waals surface area (Å²) in [6, 6.07) is 10.3. The number of ether oxygens (including phenoxy) is 1. The van der Waals surface area contributed by atoms with E-state index in [0.29, 0.717) is 18.4 Å². The first-order chi connectivity index (χ1) is 9.74. The lowest BCUT2D eigenvalue weighted by atomic mass is 9.80. The molecule has 20 heavy (non-hydrogen) atoms. The van der Waals surface area contributed by atoms with E-state index < -0.39 is 5.54 Å². The molecule has 2 bridgehead atoms. The quantitative estimate of drug-likeness (QED) is 0.838. The Morgan fingerprint density at radius 2 is 2.15 bits per heavy atom. The van der Waals surface area contributed by atoms with Crippen molar-refractivity contribution in [2.24, 2.45) is 11.8 Å². The summed E-state index contributed by atoms with van der Waals surface area (Å²) >= 11 is 0. The molecule has 0 spiro atoms. The van der Waals surface area contributed by atoms with E-state index in [1.54, 1.807) is 0 Å². The minimum Gasteiger partial charge on any atom is -0.465 e. The summed E-state index contributed by atoms with van der Waals surface area (Å²) in [5, 5.41) is 3.55. The SMILES string of the molecule is CCOC(=O)C1(NCc2ccccc2)CC2CCC1C2. The smallest absolute Gasteiger partial charge is 0.326 e. The Labute approximate surface area is 120 Å². The molecule has 2 aliphatic carbocycles. The number of hydrogen-bond acceptors (Lipinski definition) is 3. The highest BCUT2D eigenvalue weighted by atomic mass is 16.5. The zero-order valence-electron chi connectivity index (χ0n) is 12.1. The second kappa shape index (κ2) is 5.57. The van der Waals surface area contributed by atoms with Crippen LogP contribution < -0.4 is 5.32 Å². The third kappa shape index (κ3) is 2.35. The summed E-state index contributed by atoms with van der Waals surface area (Å²) in [7, 11) is 0. The number of rotatable bonds is 5. The maximum atomic E-state index is 12.5. The normalized spacial score (nSPS) is 31.4. The monoisotopic (exact) mass is 273 g/mol. The summed E-state index contributed by atoms with van der Waals surface area (Å²) < 4.78 is 5.37. The van der Waals surface area contributed by atoms with Crippen molar-refractivity contribution in [2.45, 2.75) is 44.7 Å². The van der Waals surface area contributed by atoms with Gasteiger partial charge in [0.1, 0.15) is 5.54 Å². The average molecular weight is 273 g/mol. The fraction of sp³-hybridized carbons (Fsp3) is 0.588. The largest absolute Gasteiger partial charge is 0.465 e. The topological polar surface area (TPSA) is 38.3 Å². The van der Waals surface area contributed by atoms with Crippen LogP contribution in [0.4, 0.5) is 0 Å². The van der Waals surface area contributed by atoms with Crippen LogP contribution in [0.25, 0.3) is 0 Å². The molecule has 1 aromatic rings. The second-order valence-electron chi connectivity index (χ2n) is 6.11. The van der Waals surface area contributed by atoms with Crippen molar-refractivity contribution in [3.63, 3.8) is 0 Å². The van der Waals surface area contributed by atoms with Crippen LogP contribution in [0, 0.1) is 11.8 Å². The lowest BCUT2D eigenvalue weighted by Crippen LogP contribution is -2.56. The van der Waals surface area contributed by atoms with Gasteiger partial charge in [-0.2, -0.15) is 0 Å². The van der Waals surface area contributed by atoms with Gasteiger partial charge in [-0.1, -0.05) is 36.8 Å². The standard InChI is InChI=1S/C17H23NO2/c1-2-20-16(19)17(11-14-8-9-15(17)10-14)18-12-13-6-4-3-5-7-13/h3-7,14-15,18H,2,8-12H2,1H3. The van der Waals surface area contributed by atoms with E-state index in [0.717, 1.165) is 19.4 Å². The Bertz CT molecular complexity index is 473. The second-order valence-corrected chi connectivity index (χ2v) is 6.11. The molecular formula is C17H23NO2. The highest BCUT2D eigenvalue weighted by Gasteiger charge is 2.56. The van der Waals surface area contributed by atoms with Crippen LogP contribution in [0.2, 0.25) is 0 Å². The lowest BCUT2D eigenvalue weighted by molar-refractivity contribution is -0.154. The van der Waals surface area contributed by atoms with Crippen molar-refractivity contribution in [1.82, 2.24) is 5.32 Å². The van der Waals surface area contributed by atoms with Gasteiger partial charge in [0.25, 0.3) is 0 Å². The van der Waals surface area contributed by atoms with Gasteiger partial charge in [-0.25, -0.2) is 0 Å². The Morgan fingerprint density at radius 1 is 1.35 bits per heavy atom. The van der Waals surface area contributed by atoms with Crippen molar-refractivity contribution in [3.8, 4) is 0 Å². The predicted molar refractivity (Wildman–Crippen MR) is 78.1 cm³/mol. The molecule has 3 rings (SSSR count). The molecule has 0 aliphatic heterocycles. The fourth-order valence-electron chi connectivity index (χ4n) is 3.98. The molecule has 3 atom stereocenters. The summed E-state index contributed by atoms with van der Waals surface area (Å²) in [4.78, 5) is 12.5. The molecule has 3 heteroatoms. The summed E-state index contributed by atoms with van der Waals surface area (Å²) in [6.07, 6.45) is 4.56. The van der Waals surface area contributed by atoms with Crippen LogP contribution in [-0.2, 0) is 16.1 Å². The van der Waals surface area contributed by atoms with Crippen molar-refractivity contribution in [2.75, 3.05) is 6.61 Å². The van der Waals surface area contributed by atoms with Crippen LogP contribution in [0.5, 0.6) is 0 Å². The molecule has 3 nitrogen and oxygen atoms in total. The maximum Gasteiger partial charge on any atom is 0.326 e. The first-order valence-electron chi connectivity index (χ1n) is 7.71. The van der Waals surface area contributed by atoms with Crippen LogP contribution in [0.1, 0.15) is 38.2 Å². The molecule has 3 unspecified atom stereocenters. The number of benzene rings is 1. The molecule has 0 saturated heterocycles. The van der Waals surface area contributed by atoms with Gasteiger partial charge in [0.2, 0.25) is 0 Å². The summed E-state index contributed by atoms with van der Waals surface area (Å²) in [6.45, 7) is 3.09. The third-order valence-corrected chi connectivity index (χ3v) is 4.94. The first kappa shape index (κ1) is 13.6. The minimum atomic E-state index is -0.436. The molecule has 0 aromatic heterocycles. The molecular weight excluding hydrogens is 250 g/mol. The van der Waals surface area contributed by atoms with Crippen LogP contribution in [0.3, 0.4) is 0 Å². The van der Waals surface area contributed by atoms with Gasteiger partial charge in [-0.05, 0) is 43.6 Å². The predicted octanol–water partition coefficient (Wildman–Crippen LogP) is 2.90. The van der Waals surface area contributed by atoms with Crippen molar-refractivity contribution < 1.29 is 9.53 Å². The van der Waals surface area contributed by atoms with Gasteiger partial charge in [0, 0.05) is 6.54 Å². The zero-order chi connectivity index (χ0) is 14.0. The van der Waals surface area contributed by atoms with Gasteiger partial charge in [0.05, 0.1) is 6.61 Å². The van der Waals surface area contributed by atoms with E-state index in [4.69, 9.17) is 4.74 Å². The van der Waals surface area contributed by atoms with E-state index in [9.17, 15) is 4.79 Å². The van der Waals surface area contributed by atoms with Crippen molar-refractivity contribution >= 4 is 5.97 Å². The molecule has 1 aromatic carbocycles. The van der Waals surface area contributed by atoms with Gasteiger partial charge < -0.3 is 4.74 Å². The number of carbonyl (C=O) groups excluding carboxylic acids is 1.